The first kappa shape index (κ1) is 18.2. The van der Waals surface area contributed by atoms with Crippen LogP contribution in [0.4, 0.5) is 5.69 Å². The van der Waals surface area contributed by atoms with Crippen molar-refractivity contribution in [2.24, 2.45) is 5.92 Å². The number of para-hydroxylation sites is 1. The molecule has 0 spiro atoms. The first-order chi connectivity index (χ1) is 11.3. The molecule has 0 saturated heterocycles. The molecule has 1 fully saturated rings. The largest absolute Gasteiger partial charge is 0.337 e. The standard InChI is InChI=1S/C17H21ClN4O2/c1-17(11-19,12-7-8-12)21-16(24)10-22(2)9-15(23)20-14-6-4-3-5-13(14)18/h3-6,12H,7-10H2,1-2H3,(H,20,23)(H,21,24)/t17-/m0/s1. The molecule has 24 heavy (non-hydrogen) atoms. The highest BCUT2D eigenvalue weighted by Gasteiger charge is 2.43. The van der Waals surface area contributed by atoms with E-state index in [0.29, 0.717) is 10.7 Å². The van der Waals surface area contributed by atoms with Crippen LogP contribution in [0, 0.1) is 17.2 Å². The van der Waals surface area contributed by atoms with E-state index < -0.39 is 5.54 Å². The predicted molar refractivity (Wildman–Crippen MR) is 92.5 cm³/mol. The van der Waals surface area contributed by atoms with Crippen LogP contribution in [-0.2, 0) is 9.59 Å². The van der Waals surface area contributed by atoms with Gasteiger partial charge in [0, 0.05) is 0 Å². The number of hydrogen-bond acceptors (Lipinski definition) is 4. The number of hydrogen-bond donors (Lipinski definition) is 2. The summed E-state index contributed by atoms with van der Waals surface area (Å²) >= 11 is 5.99. The Labute approximate surface area is 146 Å². The van der Waals surface area contributed by atoms with Crippen LogP contribution < -0.4 is 10.6 Å². The summed E-state index contributed by atoms with van der Waals surface area (Å²) in [7, 11) is 1.67. The maximum Gasteiger partial charge on any atom is 0.238 e. The van der Waals surface area contributed by atoms with Crippen molar-refractivity contribution >= 4 is 29.1 Å². The Morgan fingerprint density at radius 3 is 2.54 bits per heavy atom. The molecule has 0 aliphatic heterocycles. The Morgan fingerprint density at radius 2 is 1.96 bits per heavy atom. The second-order valence-electron chi connectivity index (χ2n) is 6.34. The predicted octanol–water partition coefficient (Wildman–Crippen LogP) is 2.02. The average molecular weight is 349 g/mol. The lowest BCUT2D eigenvalue weighted by atomic mass is 9.98. The van der Waals surface area contributed by atoms with Gasteiger partial charge in [-0.3, -0.25) is 14.5 Å². The van der Waals surface area contributed by atoms with Gasteiger partial charge < -0.3 is 10.6 Å². The smallest absolute Gasteiger partial charge is 0.238 e. The van der Waals surface area contributed by atoms with Crippen molar-refractivity contribution in [3.63, 3.8) is 0 Å². The van der Waals surface area contributed by atoms with Crippen molar-refractivity contribution in [2.45, 2.75) is 25.3 Å². The number of nitrogens with zero attached hydrogens (tertiary/aromatic N) is 2. The highest BCUT2D eigenvalue weighted by Crippen LogP contribution is 2.39. The molecule has 6 nitrogen and oxygen atoms in total. The van der Waals surface area contributed by atoms with Crippen molar-refractivity contribution in [1.82, 2.24) is 10.2 Å². The third kappa shape index (κ3) is 4.95. The molecule has 128 valence electrons. The molecule has 1 aromatic rings. The normalized spacial score (nSPS) is 16.1. The van der Waals surface area contributed by atoms with E-state index in [1.165, 1.54) is 0 Å². The molecule has 7 heteroatoms. The Kier molecular flexibility index (Phi) is 5.81. The fourth-order valence-corrected chi connectivity index (χ4v) is 2.69. The summed E-state index contributed by atoms with van der Waals surface area (Å²) in [6.07, 6.45) is 1.92. The van der Waals surface area contributed by atoms with Gasteiger partial charge in [0.25, 0.3) is 0 Å². The van der Waals surface area contributed by atoms with E-state index in [2.05, 4.69) is 16.7 Å². The molecular weight excluding hydrogens is 328 g/mol. The summed E-state index contributed by atoms with van der Waals surface area (Å²) in [6.45, 7) is 1.83. The fraction of sp³-hybridized carbons (Fsp3) is 0.471. The van der Waals surface area contributed by atoms with E-state index in [9.17, 15) is 14.9 Å². The van der Waals surface area contributed by atoms with Gasteiger partial charge in [-0.15, -0.1) is 0 Å². The molecule has 0 bridgehead atoms. The van der Waals surface area contributed by atoms with Gasteiger partial charge in [0.2, 0.25) is 11.8 Å². The summed E-state index contributed by atoms with van der Waals surface area (Å²) < 4.78 is 0. The molecule has 0 aromatic heterocycles. The zero-order valence-corrected chi connectivity index (χ0v) is 14.6. The van der Waals surface area contributed by atoms with Gasteiger partial charge in [0.1, 0.15) is 5.54 Å². The molecule has 1 aliphatic carbocycles. The number of benzene rings is 1. The van der Waals surface area contributed by atoms with E-state index >= 15 is 0 Å². The molecule has 2 rings (SSSR count). The number of nitrogens with one attached hydrogen (secondary N) is 2. The lowest BCUT2D eigenvalue weighted by molar-refractivity contribution is -0.124. The molecule has 1 saturated carbocycles. The summed E-state index contributed by atoms with van der Waals surface area (Å²) in [4.78, 5) is 25.7. The van der Waals surface area contributed by atoms with E-state index in [1.54, 1.807) is 43.1 Å². The maximum atomic E-state index is 12.1. The summed E-state index contributed by atoms with van der Waals surface area (Å²) in [5.74, 6) is -0.303. The molecule has 2 N–H and O–H groups in total. The first-order valence-electron chi connectivity index (χ1n) is 7.79. The number of carbonyl (C=O) groups excluding carboxylic acids is 2. The molecular formula is C17H21ClN4O2. The van der Waals surface area contributed by atoms with Crippen molar-refractivity contribution in [3.8, 4) is 6.07 Å². The Bertz CT molecular complexity index is 669. The van der Waals surface area contributed by atoms with Crippen LogP contribution in [0.3, 0.4) is 0 Å². The van der Waals surface area contributed by atoms with Crippen LogP contribution in [-0.4, -0.2) is 42.4 Å². The molecule has 0 heterocycles. The van der Waals surface area contributed by atoms with Gasteiger partial charge in [-0.1, -0.05) is 23.7 Å². The quantitative estimate of drug-likeness (QED) is 0.789. The molecule has 1 atom stereocenters. The first-order valence-corrected chi connectivity index (χ1v) is 8.17. The van der Waals surface area contributed by atoms with Gasteiger partial charge in [0.15, 0.2) is 0 Å². The summed E-state index contributed by atoms with van der Waals surface area (Å²) in [6, 6.07) is 9.13. The fourth-order valence-electron chi connectivity index (χ4n) is 2.51. The molecule has 0 unspecified atom stereocenters. The third-order valence-electron chi connectivity index (χ3n) is 4.00. The second-order valence-corrected chi connectivity index (χ2v) is 6.74. The monoisotopic (exact) mass is 348 g/mol. The van der Waals surface area contributed by atoms with Gasteiger partial charge >= 0.3 is 0 Å². The summed E-state index contributed by atoms with van der Waals surface area (Å²) in [5, 5.41) is 15.2. The average Bonchev–Trinajstić information content (AvgIpc) is 3.34. The summed E-state index contributed by atoms with van der Waals surface area (Å²) in [5.41, 5.74) is -0.287. The number of likely N-dealkylation sites (N-methyl/N-ethyl adjacent to an activating group) is 1. The number of nitriles is 1. The lowest BCUT2D eigenvalue weighted by Crippen LogP contribution is -2.50. The van der Waals surface area contributed by atoms with Gasteiger partial charge in [-0.05, 0) is 44.9 Å². The Balaban J connectivity index is 1.81. The SMILES string of the molecule is CN(CC(=O)Nc1ccccc1Cl)CC(=O)N[C@@](C)(C#N)C1CC1. The van der Waals surface area contributed by atoms with Crippen LogP contribution in [0.1, 0.15) is 19.8 Å². The highest BCUT2D eigenvalue weighted by molar-refractivity contribution is 6.33. The number of halogens is 1. The van der Waals surface area contributed by atoms with Crippen molar-refractivity contribution in [1.29, 1.82) is 5.26 Å². The maximum absolute atomic E-state index is 12.1. The minimum absolute atomic E-state index is 0.0416. The molecule has 1 aromatic carbocycles. The minimum atomic E-state index is -0.822. The second kappa shape index (κ2) is 7.65. The van der Waals surface area contributed by atoms with E-state index in [1.807, 2.05) is 0 Å². The van der Waals surface area contributed by atoms with Gasteiger partial charge in [-0.2, -0.15) is 5.26 Å². The zero-order valence-electron chi connectivity index (χ0n) is 13.8. The molecule has 2 amide bonds. The van der Waals surface area contributed by atoms with Crippen LogP contribution in [0.15, 0.2) is 24.3 Å². The number of anilines is 1. The lowest BCUT2D eigenvalue weighted by Gasteiger charge is -2.24. The molecule has 0 radical (unpaired) electrons. The van der Waals surface area contributed by atoms with E-state index in [4.69, 9.17) is 11.6 Å². The van der Waals surface area contributed by atoms with Crippen LogP contribution >= 0.6 is 11.6 Å². The topological polar surface area (TPSA) is 85.2 Å². The van der Waals surface area contributed by atoms with Gasteiger partial charge in [0.05, 0.1) is 29.9 Å². The number of rotatable bonds is 7. The van der Waals surface area contributed by atoms with Gasteiger partial charge in [-0.25, -0.2) is 0 Å². The number of amides is 2. The zero-order chi connectivity index (χ0) is 17.7. The van der Waals surface area contributed by atoms with Crippen LogP contribution in [0.5, 0.6) is 0 Å². The Hall–Kier alpha value is -2.10. The van der Waals surface area contributed by atoms with Crippen LogP contribution in [0.25, 0.3) is 0 Å². The van der Waals surface area contributed by atoms with Crippen molar-refractivity contribution in [3.05, 3.63) is 29.3 Å². The minimum Gasteiger partial charge on any atom is -0.337 e. The number of carbonyl (C=O) groups is 2. The van der Waals surface area contributed by atoms with Crippen molar-refractivity contribution < 1.29 is 9.59 Å². The van der Waals surface area contributed by atoms with E-state index in [0.717, 1.165) is 12.8 Å². The molecule has 1 aliphatic rings. The Morgan fingerprint density at radius 1 is 1.33 bits per heavy atom. The highest BCUT2D eigenvalue weighted by atomic mass is 35.5. The van der Waals surface area contributed by atoms with Crippen LogP contribution in [0.2, 0.25) is 5.02 Å². The third-order valence-corrected chi connectivity index (χ3v) is 4.33. The van der Waals surface area contributed by atoms with Crippen molar-refractivity contribution in [2.75, 3.05) is 25.5 Å². The van der Waals surface area contributed by atoms with E-state index in [-0.39, 0.29) is 30.8 Å².